The average molecular weight is 276 g/mol. The van der Waals surface area contributed by atoms with Gasteiger partial charge in [0.25, 0.3) is 0 Å². The third-order valence-corrected chi connectivity index (χ3v) is 4.78. The van der Waals surface area contributed by atoms with Crippen molar-refractivity contribution in [2.45, 2.75) is 51.1 Å². The van der Waals surface area contributed by atoms with Crippen LogP contribution in [0.1, 0.15) is 37.2 Å². The van der Waals surface area contributed by atoms with Crippen molar-refractivity contribution in [3.63, 3.8) is 0 Å². The number of halogens is 2. The van der Waals surface area contributed by atoms with Crippen molar-refractivity contribution in [3.05, 3.63) is 48.1 Å². The molecule has 1 aromatic rings. The molecule has 0 bridgehead atoms. The summed E-state index contributed by atoms with van der Waals surface area (Å²) in [5.41, 5.74) is 0.945. The topological polar surface area (TPSA) is 0 Å². The zero-order chi connectivity index (χ0) is 14.7. The zero-order valence-electron chi connectivity index (χ0n) is 12.4. The minimum atomic E-state index is -0.757. The summed E-state index contributed by atoms with van der Waals surface area (Å²) in [4.78, 5) is 0. The van der Waals surface area contributed by atoms with Crippen LogP contribution in [0.3, 0.4) is 0 Å². The summed E-state index contributed by atoms with van der Waals surface area (Å²) in [7, 11) is 0. The van der Waals surface area contributed by atoms with Crippen molar-refractivity contribution in [3.8, 4) is 0 Å². The molecule has 0 heterocycles. The molecule has 0 amide bonds. The molecular formula is C17H23BF2. The van der Waals surface area contributed by atoms with Crippen LogP contribution in [0.25, 0.3) is 0 Å². The Labute approximate surface area is 121 Å². The molecule has 2 rings (SSSR count). The first kappa shape index (κ1) is 15.3. The smallest absolute Gasteiger partial charge is 0.159 e. The van der Waals surface area contributed by atoms with Gasteiger partial charge in [-0.1, -0.05) is 38.0 Å². The Kier molecular flexibility index (Phi) is 5.01. The first-order chi connectivity index (χ1) is 9.52. The monoisotopic (exact) mass is 276 g/mol. The molecule has 1 fully saturated rings. The van der Waals surface area contributed by atoms with Gasteiger partial charge in [0.05, 0.1) is 0 Å². The Morgan fingerprint density at radius 2 is 2.00 bits per heavy atom. The van der Waals surface area contributed by atoms with Crippen molar-refractivity contribution in [1.82, 2.24) is 0 Å². The highest BCUT2D eigenvalue weighted by Gasteiger charge is 2.33. The summed E-state index contributed by atoms with van der Waals surface area (Å²) in [6.07, 6.45) is 6.30. The molecule has 108 valence electrons. The maximum absolute atomic E-state index is 13.4. The van der Waals surface area contributed by atoms with Crippen LogP contribution in [0.15, 0.2) is 30.9 Å². The zero-order valence-corrected chi connectivity index (χ0v) is 12.4. The number of benzene rings is 1. The summed E-state index contributed by atoms with van der Waals surface area (Å²) in [5, 5.41) is 0. The van der Waals surface area contributed by atoms with Crippen molar-refractivity contribution >= 4 is 6.71 Å². The molecule has 0 spiro atoms. The number of hydrogen-bond donors (Lipinski definition) is 0. The molecular weight excluding hydrogens is 253 g/mol. The predicted molar refractivity (Wildman–Crippen MR) is 82.5 cm³/mol. The Morgan fingerprint density at radius 3 is 2.60 bits per heavy atom. The Hall–Kier alpha value is -1.12. The van der Waals surface area contributed by atoms with Gasteiger partial charge in [0.2, 0.25) is 0 Å². The van der Waals surface area contributed by atoms with Crippen LogP contribution in [-0.4, -0.2) is 6.71 Å². The number of hydrogen-bond acceptors (Lipinski definition) is 0. The average Bonchev–Trinajstić information content (AvgIpc) is 2.42. The Bertz CT molecular complexity index is 470. The highest BCUT2D eigenvalue weighted by atomic mass is 19.2. The molecule has 0 aliphatic heterocycles. The quantitative estimate of drug-likeness (QED) is 0.499. The Morgan fingerprint density at radius 1 is 1.25 bits per heavy atom. The lowest BCUT2D eigenvalue weighted by molar-refractivity contribution is 0.319. The molecule has 0 nitrogen and oxygen atoms in total. The molecule has 1 aliphatic rings. The van der Waals surface area contributed by atoms with Crippen LogP contribution in [0, 0.1) is 17.6 Å². The summed E-state index contributed by atoms with van der Waals surface area (Å²) >= 11 is 0. The van der Waals surface area contributed by atoms with E-state index in [2.05, 4.69) is 20.2 Å². The fraction of sp³-hybridized carbons (Fsp3) is 0.529. The predicted octanol–water partition coefficient (Wildman–Crippen LogP) is 5.55. The lowest BCUT2D eigenvalue weighted by Crippen LogP contribution is -2.27. The molecule has 1 aliphatic carbocycles. The highest BCUT2D eigenvalue weighted by Crippen LogP contribution is 2.45. The second kappa shape index (κ2) is 6.56. The third-order valence-electron chi connectivity index (χ3n) is 4.78. The summed E-state index contributed by atoms with van der Waals surface area (Å²) in [5.74, 6) is 0.194. The van der Waals surface area contributed by atoms with Gasteiger partial charge in [0.15, 0.2) is 11.6 Å². The first-order valence-corrected chi connectivity index (χ1v) is 7.58. The van der Waals surface area contributed by atoms with Gasteiger partial charge in [-0.2, -0.15) is 0 Å². The van der Waals surface area contributed by atoms with E-state index in [0.717, 1.165) is 30.6 Å². The minimum Gasteiger partial charge on any atom is -0.204 e. The van der Waals surface area contributed by atoms with E-state index in [-0.39, 0.29) is 0 Å². The van der Waals surface area contributed by atoms with Gasteiger partial charge in [0.1, 0.15) is 6.71 Å². The molecule has 1 aromatic carbocycles. The molecule has 1 saturated carbocycles. The summed E-state index contributed by atoms with van der Waals surface area (Å²) in [6.45, 7) is 9.09. The van der Waals surface area contributed by atoms with E-state index in [1.165, 1.54) is 18.6 Å². The van der Waals surface area contributed by atoms with E-state index in [9.17, 15) is 8.78 Å². The van der Waals surface area contributed by atoms with Crippen LogP contribution < -0.4 is 0 Å². The van der Waals surface area contributed by atoms with E-state index in [1.807, 2.05) is 6.08 Å². The van der Waals surface area contributed by atoms with Crippen LogP contribution >= 0.6 is 0 Å². The molecule has 0 N–H and O–H groups in total. The largest absolute Gasteiger partial charge is 0.204 e. The normalized spacial score (nSPS) is 26.3. The molecule has 2 unspecified atom stereocenters. The van der Waals surface area contributed by atoms with E-state index in [1.54, 1.807) is 6.07 Å². The van der Waals surface area contributed by atoms with Crippen molar-refractivity contribution < 1.29 is 8.78 Å². The number of allylic oxidation sites excluding steroid dienone is 1. The molecule has 20 heavy (non-hydrogen) atoms. The standard InChI is InChI=1S/C17H23BF2/c1-4-5-14-10-12(6-8-15(14)18(2)3)13-7-9-16(19)17(20)11-13/h4,7,9,11-12,14-15H,1,5-6,8,10H2,2-3H3/t12-,14?,15?/m0/s1. The van der Waals surface area contributed by atoms with Crippen LogP contribution in [0.2, 0.25) is 19.5 Å². The van der Waals surface area contributed by atoms with Crippen LogP contribution in [0.5, 0.6) is 0 Å². The van der Waals surface area contributed by atoms with Gasteiger partial charge in [-0.25, -0.2) is 8.78 Å². The van der Waals surface area contributed by atoms with Gasteiger partial charge >= 0.3 is 0 Å². The van der Waals surface area contributed by atoms with Gasteiger partial charge in [-0.15, -0.1) is 6.58 Å². The highest BCUT2D eigenvalue weighted by molar-refractivity contribution is 6.57. The lowest BCUT2D eigenvalue weighted by atomic mass is 9.39. The molecule has 0 saturated heterocycles. The Balaban J connectivity index is 2.14. The van der Waals surface area contributed by atoms with E-state index in [0.29, 0.717) is 18.5 Å². The second-order valence-corrected chi connectivity index (χ2v) is 6.38. The SMILES string of the molecule is C=CCC1C[C@@H](c2ccc(F)c(F)c2)CCC1B(C)C. The summed E-state index contributed by atoms with van der Waals surface area (Å²) < 4.78 is 26.4. The van der Waals surface area contributed by atoms with E-state index >= 15 is 0 Å². The maximum Gasteiger partial charge on any atom is 0.159 e. The van der Waals surface area contributed by atoms with Crippen molar-refractivity contribution in [2.75, 3.05) is 0 Å². The fourth-order valence-corrected chi connectivity index (χ4v) is 3.72. The molecule has 0 aromatic heterocycles. The molecule has 3 atom stereocenters. The molecule has 3 heteroatoms. The van der Waals surface area contributed by atoms with Crippen LogP contribution in [-0.2, 0) is 0 Å². The van der Waals surface area contributed by atoms with Gasteiger partial charge in [0, 0.05) is 0 Å². The minimum absolute atomic E-state index is 0.352. The van der Waals surface area contributed by atoms with E-state index in [4.69, 9.17) is 0 Å². The van der Waals surface area contributed by atoms with E-state index < -0.39 is 11.6 Å². The number of rotatable bonds is 4. The van der Waals surface area contributed by atoms with Crippen molar-refractivity contribution in [2.24, 2.45) is 5.92 Å². The fourth-order valence-electron chi connectivity index (χ4n) is 3.72. The van der Waals surface area contributed by atoms with Crippen molar-refractivity contribution in [1.29, 1.82) is 0 Å². The first-order valence-electron chi connectivity index (χ1n) is 7.58. The molecule has 0 radical (unpaired) electrons. The maximum atomic E-state index is 13.4. The third kappa shape index (κ3) is 3.31. The van der Waals surface area contributed by atoms with Gasteiger partial charge < -0.3 is 0 Å². The van der Waals surface area contributed by atoms with Gasteiger partial charge in [-0.05, 0) is 48.8 Å². The van der Waals surface area contributed by atoms with Crippen LogP contribution in [0.4, 0.5) is 8.78 Å². The second-order valence-electron chi connectivity index (χ2n) is 6.38. The lowest BCUT2D eigenvalue weighted by Gasteiger charge is -2.37. The summed E-state index contributed by atoms with van der Waals surface area (Å²) in [6, 6.07) is 4.37. The van der Waals surface area contributed by atoms with Gasteiger partial charge in [-0.3, -0.25) is 0 Å².